The molecule has 3 heterocycles. The van der Waals surface area contributed by atoms with Crippen LogP contribution in [0.4, 0.5) is 5.82 Å². The molecule has 1 aromatic rings. The lowest BCUT2D eigenvalue weighted by molar-refractivity contribution is 0.353. The standard InChI is InChI=1S/C14H22N4O/c1-3-12-16-13(8-14(19)17-12)18(2)11-6-9-4-5-10(7-11)15-9/h8-11,15H,3-7H2,1-2H3,(H,16,17,19). The SMILES string of the molecule is CCc1nc(N(C)C2CC3CCC(C2)N3)cc(=O)[nH]1. The van der Waals surface area contributed by atoms with Gasteiger partial charge in [-0.25, -0.2) is 4.98 Å². The Morgan fingerprint density at radius 1 is 1.37 bits per heavy atom. The van der Waals surface area contributed by atoms with Crippen LogP contribution in [0, 0.1) is 0 Å². The van der Waals surface area contributed by atoms with Gasteiger partial charge in [0.2, 0.25) is 0 Å². The van der Waals surface area contributed by atoms with Crippen molar-refractivity contribution >= 4 is 5.82 Å². The summed E-state index contributed by atoms with van der Waals surface area (Å²) in [5.41, 5.74) is -0.0504. The maximum atomic E-state index is 11.7. The van der Waals surface area contributed by atoms with E-state index in [0.717, 1.165) is 30.9 Å². The lowest BCUT2D eigenvalue weighted by atomic mass is 9.98. The molecule has 2 bridgehead atoms. The molecule has 2 aliphatic rings. The maximum Gasteiger partial charge on any atom is 0.252 e. The van der Waals surface area contributed by atoms with Crippen molar-refractivity contribution in [1.29, 1.82) is 0 Å². The van der Waals surface area contributed by atoms with Crippen LogP contribution < -0.4 is 15.8 Å². The number of rotatable bonds is 3. The predicted molar refractivity (Wildman–Crippen MR) is 75.6 cm³/mol. The van der Waals surface area contributed by atoms with Crippen molar-refractivity contribution in [3.05, 3.63) is 22.2 Å². The smallest absolute Gasteiger partial charge is 0.252 e. The summed E-state index contributed by atoms with van der Waals surface area (Å²) in [6.07, 6.45) is 5.65. The van der Waals surface area contributed by atoms with E-state index in [1.54, 1.807) is 6.07 Å². The molecule has 0 aromatic carbocycles. The van der Waals surface area contributed by atoms with Crippen LogP contribution in [-0.2, 0) is 6.42 Å². The van der Waals surface area contributed by atoms with Gasteiger partial charge in [0.25, 0.3) is 5.56 Å². The van der Waals surface area contributed by atoms with Crippen molar-refractivity contribution in [3.8, 4) is 0 Å². The fourth-order valence-electron chi connectivity index (χ4n) is 3.37. The first-order valence-electron chi connectivity index (χ1n) is 7.25. The van der Waals surface area contributed by atoms with Crippen molar-refractivity contribution in [2.24, 2.45) is 0 Å². The molecular formula is C14H22N4O. The normalized spacial score (nSPS) is 29.5. The summed E-state index contributed by atoms with van der Waals surface area (Å²) < 4.78 is 0. The van der Waals surface area contributed by atoms with E-state index in [2.05, 4.69) is 27.2 Å². The fourth-order valence-corrected chi connectivity index (χ4v) is 3.37. The van der Waals surface area contributed by atoms with Crippen LogP contribution in [-0.4, -0.2) is 35.1 Å². The van der Waals surface area contributed by atoms with Gasteiger partial charge in [0, 0.05) is 37.7 Å². The molecule has 2 unspecified atom stereocenters. The number of piperidine rings is 1. The lowest BCUT2D eigenvalue weighted by Crippen LogP contribution is -2.47. The molecule has 2 atom stereocenters. The number of aromatic amines is 1. The third-order valence-corrected chi connectivity index (χ3v) is 4.47. The summed E-state index contributed by atoms with van der Waals surface area (Å²) in [5.74, 6) is 1.58. The Morgan fingerprint density at radius 3 is 2.68 bits per heavy atom. The number of aromatic nitrogens is 2. The molecule has 1 aromatic heterocycles. The quantitative estimate of drug-likeness (QED) is 0.855. The van der Waals surface area contributed by atoms with Gasteiger partial charge in [-0.1, -0.05) is 6.92 Å². The number of nitrogens with one attached hydrogen (secondary N) is 2. The highest BCUT2D eigenvalue weighted by Crippen LogP contribution is 2.30. The summed E-state index contributed by atoms with van der Waals surface area (Å²) >= 11 is 0. The number of fused-ring (bicyclic) bond motifs is 2. The predicted octanol–water partition coefficient (Wildman–Crippen LogP) is 1.05. The maximum absolute atomic E-state index is 11.7. The molecule has 0 amide bonds. The minimum Gasteiger partial charge on any atom is -0.356 e. The molecule has 104 valence electrons. The molecule has 2 N–H and O–H groups in total. The Labute approximate surface area is 113 Å². The van der Waals surface area contributed by atoms with Gasteiger partial charge in [-0.15, -0.1) is 0 Å². The molecule has 3 rings (SSSR count). The lowest BCUT2D eigenvalue weighted by Gasteiger charge is -2.36. The topological polar surface area (TPSA) is 61.0 Å². The summed E-state index contributed by atoms with van der Waals surface area (Å²) in [6.45, 7) is 2.01. The second-order valence-corrected chi connectivity index (χ2v) is 5.78. The zero-order chi connectivity index (χ0) is 13.4. The Kier molecular flexibility index (Phi) is 3.31. The Hall–Kier alpha value is -1.36. The first-order valence-corrected chi connectivity index (χ1v) is 7.25. The Morgan fingerprint density at radius 2 is 2.05 bits per heavy atom. The summed E-state index contributed by atoms with van der Waals surface area (Å²) in [4.78, 5) is 21.2. The molecule has 2 aliphatic heterocycles. The first-order chi connectivity index (χ1) is 9.15. The van der Waals surface area contributed by atoms with Gasteiger partial charge in [-0.2, -0.15) is 0 Å². The van der Waals surface area contributed by atoms with Crippen molar-refractivity contribution in [1.82, 2.24) is 15.3 Å². The highest BCUT2D eigenvalue weighted by molar-refractivity contribution is 5.38. The molecule has 0 aliphatic carbocycles. The van der Waals surface area contributed by atoms with E-state index in [9.17, 15) is 4.79 Å². The average molecular weight is 262 g/mol. The monoisotopic (exact) mass is 262 g/mol. The third kappa shape index (κ3) is 2.52. The van der Waals surface area contributed by atoms with E-state index in [4.69, 9.17) is 0 Å². The Bertz CT molecular complexity index is 500. The molecule has 5 nitrogen and oxygen atoms in total. The van der Waals surface area contributed by atoms with Crippen LogP contribution in [0.2, 0.25) is 0 Å². The van der Waals surface area contributed by atoms with E-state index in [-0.39, 0.29) is 5.56 Å². The van der Waals surface area contributed by atoms with Crippen LogP contribution in [0.3, 0.4) is 0 Å². The van der Waals surface area contributed by atoms with Gasteiger partial charge in [-0.05, 0) is 25.7 Å². The largest absolute Gasteiger partial charge is 0.356 e. The molecular weight excluding hydrogens is 240 g/mol. The zero-order valence-electron chi connectivity index (χ0n) is 11.6. The van der Waals surface area contributed by atoms with Gasteiger partial charge in [0.1, 0.15) is 11.6 Å². The minimum atomic E-state index is -0.0504. The van der Waals surface area contributed by atoms with E-state index in [0.29, 0.717) is 18.1 Å². The van der Waals surface area contributed by atoms with Crippen molar-refractivity contribution in [2.75, 3.05) is 11.9 Å². The molecule has 2 saturated heterocycles. The highest BCUT2D eigenvalue weighted by atomic mass is 16.1. The van der Waals surface area contributed by atoms with E-state index in [1.165, 1.54) is 12.8 Å². The second kappa shape index (κ2) is 4.96. The fraction of sp³-hybridized carbons (Fsp3) is 0.714. The number of hydrogen-bond acceptors (Lipinski definition) is 4. The van der Waals surface area contributed by atoms with Crippen LogP contribution in [0.1, 0.15) is 38.4 Å². The molecule has 5 heteroatoms. The summed E-state index contributed by atoms with van der Waals surface area (Å²) in [7, 11) is 2.07. The van der Waals surface area contributed by atoms with Crippen molar-refractivity contribution < 1.29 is 0 Å². The van der Waals surface area contributed by atoms with Crippen molar-refractivity contribution in [2.45, 2.75) is 57.2 Å². The number of H-pyrrole nitrogens is 1. The van der Waals surface area contributed by atoms with E-state index < -0.39 is 0 Å². The number of aryl methyl sites for hydroxylation is 1. The summed E-state index contributed by atoms with van der Waals surface area (Å²) in [5, 5.41) is 3.65. The molecule has 0 saturated carbocycles. The minimum absolute atomic E-state index is 0.0504. The Balaban J connectivity index is 1.81. The van der Waals surface area contributed by atoms with Crippen LogP contribution in [0.15, 0.2) is 10.9 Å². The van der Waals surface area contributed by atoms with Gasteiger partial charge in [0.15, 0.2) is 0 Å². The summed E-state index contributed by atoms with van der Waals surface area (Å²) in [6, 6.07) is 3.42. The molecule has 0 radical (unpaired) electrons. The van der Waals surface area contributed by atoms with Gasteiger partial charge < -0.3 is 15.2 Å². The highest BCUT2D eigenvalue weighted by Gasteiger charge is 2.35. The van der Waals surface area contributed by atoms with Crippen LogP contribution >= 0.6 is 0 Å². The van der Waals surface area contributed by atoms with Gasteiger partial charge in [0.05, 0.1) is 0 Å². The van der Waals surface area contributed by atoms with Gasteiger partial charge >= 0.3 is 0 Å². The zero-order valence-corrected chi connectivity index (χ0v) is 11.6. The first kappa shape index (κ1) is 12.7. The molecule has 2 fully saturated rings. The molecule has 19 heavy (non-hydrogen) atoms. The number of anilines is 1. The second-order valence-electron chi connectivity index (χ2n) is 5.78. The molecule has 0 spiro atoms. The number of hydrogen-bond donors (Lipinski definition) is 2. The van der Waals surface area contributed by atoms with Crippen LogP contribution in [0.5, 0.6) is 0 Å². The van der Waals surface area contributed by atoms with Gasteiger partial charge in [-0.3, -0.25) is 4.79 Å². The van der Waals surface area contributed by atoms with E-state index >= 15 is 0 Å². The number of nitrogens with zero attached hydrogens (tertiary/aromatic N) is 2. The average Bonchev–Trinajstić information content (AvgIpc) is 2.75. The third-order valence-electron chi connectivity index (χ3n) is 4.47. The van der Waals surface area contributed by atoms with Crippen molar-refractivity contribution in [3.63, 3.8) is 0 Å². The van der Waals surface area contributed by atoms with Crippen LogP contribution in [0.25, 0.3) is 0 Å². The van der Waals surface area contributed by atoms with E-state index in [1.807, 2.05) is 6.92 Å².